The average Bonchev–Trinajstić information content (AvgIpc) is 3.14. The van der Waals surface area contributed by atoms with E-state index < -0.39 is 0 Å². The summed E-state index contributed by atoms with van der Waals surface area (Å²) in [6, 6.07) is 0.407. The highest BCUT2D eigenvalue weighted by Gasteiger charge is 2.37. The molecule has 2 heterocycles. The minimum absolute atomic E-state index is 0.149. The predicted molar refractivity (Wildman–Crippen MR) is 86.4 cm³/mol. The van der Waals surface area contributed by atoms with Crippen molar-refractivity contribution in [1.82, 2.24) is 25.0 Å². The van der Waals surface area contributed by atoms with Crippen molar-refractivity contribution in [3.8, 4) is 0 Å². The summed E-state index contributed by atoms with van der Waals surface area (Å²) in [4.78, 5) is 7.10. The Hall–Kier alpha value is -0.940. The van der Waals surface area contributed by atoms with Crippen LogP contribution in [0.5, 0.6) is 0 Å². The van der Waals surface area contributed by atoms with Crippen LogP contribution in [0.25, 0.3) is 0 Å². The van der Waals surface area contributed by atoms with Crippen LogP contribution in [0.1, 0.15) is 52.8 Å². The zero-order valence-electron chi connectivity index (χ0n) is 14.1. The third-order valence-corrected chi connectivity index (χ3v) is 4.80. The predicted octanol–water partition coefficient (Wildman–Crippen LogP) is 2.08. The summed E-state index contributed by atoms with van der Waals surface area (Å²) in [6.07, 6.45) is 6.44. The molecule has 1 aromatic rings. The first-order valence-electron chi connectivity index (χ1n) is 8.44. The number of hydrogen-bond acceptors (Lipinski definition) is 4. The van der Waals surface area contributed by atoms with Gasteiger partial charge in [0.05, 0.1) is 0 Å². The third-order valence-electron chi connectivity index (χ3n) is 4.80. The Labute approximate surface area is 129 Å². The molecule has 0 spiro atoms. The highest BCUT2D eigenvalue weighted by molar-refractivity contribution is 5.01. The van der Waals surface area contributed by atoms with Crippen LogP contribution in [-0.4, -0.2) is 50.9 Å². The summed E-state index contributed by atoms with van der Waals surface area (Å²) in [7, 11) is 0. The molecule has 1 unspecified atom stereocenters. The van der Waals surface area contributed by atoms with Crippen molar-refractivity contribution in [3.05, 3.63) is 12.2 Å². The second-order valence-corrected chi connectivity index (χ2v) is 6.55. The van der Waals surface area contributed by atoms with Gasteiger partial charge in [-0.3, -0.25) is 9.58 Å². The van der Waals surface area contributed by atoms with Gasteiger partial charge in [-0.1, -0.05) is 6.92 Å². The summed E-state index contributed by atoms with van der Waals surface area (Å²) < 4.78 is 2.01. The summed E-state index contributed by atoms with van der Waals surface area (Å²) in [5, 5.41) is 8.07. The second kappa shape index (κ2) is 7.36. The van der Waals surface area contributed by atoms with Crippen LogP contribution < -0.4 is 5.32 Å². The van der Waals surface area contributed by atoms with E-state index >= 15 is 0 Å². The Morgan fingerprint density at radius 1 is 1.29 bits per heavy atom. The molecule has 1 aromatic heterocycles. The monoisotopic (exact) mass is 293 g/mol. The topological polar surface area (TPSA) is 46.0 Å². The van der Waals surface area contributed by atoms with Gasteiger partial charge in [0.1, 0.15) is 12.2 Å². The molecule has 1 aliphatic heterocycles. The molecule has 120 valence electrons. The van der Waals surface area contributed by atoms with Crippen molar-refractivity contribution >= 4 is 0 Å². The molecular weight excluding hydrogens is 262 g/mol. The van der Waals surface area contributed by atoms with E-state index in [1.807, 2.05) is 4.68 Å². The van der Waals surface area contributed by atoms with Crippen LogP contribution in [0.2, 0.25) is 0 Å². The molecule has 1 aliphatic rings. The molecular formula is C16H31N5. The van der Waals surface area contributed by atoms with Crippen molar-refractivity contribution in [1.29, 1.82) is 0 Å². The van der Waals surface area contributed by atoms with Crippen LogP contribution in [0.15, 0.2) is 6.33 Å². The lowest BCUT2D eigenvalue weighted by Gasteiger charge is -2.42. The number of aryl methyl sites for hydroxylation is 1. The molecule has 21 heavy (non-hydrogen) atoms. The van der Waals surface area contributed by atoms with Gasteiger partial charge >= 0.3 is 0 Å². The van der Waals surface area contributed by atoms with E-state index in [-0.39, 0.29) is 5.54 Å². The van der Waals surface area contributed by atoms with Gasteiger partial charge < -0.3 is 5.32 Å². The van der Waals surface area contributed by atoms with Crippen molar-refractivity contribution < 1.29 is 0 Å². The maximum absolute atomic E-state index is 4.47. The van der Waals surface area contributed by atoms with E-state index in [0.717, 1.165) is 31.8 Å². The summed E-state index contributed by atoms with van der Waals surface area (Å²) in [6.45, 7) is 13.5. The second-order valence-electron chi connectivity index (χ2n) is 6.55. The van der Waals surface area contributed by atoms with Crippen LogP contribution in [0.4, 0.5) is 0 Å². The molecule has 0 radical (unpaired) electrons. The standard InChI is InChI=1S/C16H31N5/c1-5-9-17-14(12-15-18-13-19-21(15)6-2)16(3,4)20-10-7-8-11-20/h13-14,17H,5-12H2,1-4H3. The third kappa shape index (κ3) is 3.83. The van der Waals surface area contributed by atoms with Gasteiger partial charge in [-0.05, 0) is 59.7 Å². The number of rotatable bonds is 8. The maximum atomic E-state index is 4.47. The molecule has 2 rings (SSSR count). The van der Waals surface area contributed by atoms with Crippen molar-refractivity contribution in [2.24, 2.45) is 0 Å². The quantitative estimate of drug-likeness (QED) is 0.797. The van der Waals surface area contributed by atoms with Crippen molar-refractivity contribution in [3.63, 3.8) is 0 Å². The number of nitrogens with one attached hydrogen (secondary N) is 1. The van der Waals surface area contributed by atoms with E-state index in [9.17, 15) is 0 Å². The van der Waals surface area contributed by atoms with Crippen LogP contribution >= 0.6 is 0 Å². The van der Waals surface area contributed by atoms with E-state index in [1.54, 1.807) is 6.33 Å². The molecule has 5 nitrogen and oxygen atoms in total. The maximum Gasteiger partial charge on any atom is 0.138 e. The van der Waals surface area contributed by atoms with Crippen LogP contribution in [0.3, 0.4) is 0 Å². The van der Waals surface area contributed by atoms with Gasteiger partial charge in [-0.2, -0.15) is 5.10 Å². The van der Waals surface area contributed by atoms with Gasteiger partial charge in [-0.15, -0.1) is 0 Å². The summed E-state index contributed by atoms with van der Waals surface area (Å²) in [5.41, 5.74) is 0.149. The van der Waals surface area contributed by atoms with Gasteiger partial charge in [-0.25, -0.2) is 4.98 Å². The fraction of sp³-hybridized carbons (Fsp3) is 0.875. The van der Waals surface area contributed by atoms with E-state index in [1.165, 1.54) is 25.9 Å². The summed E-state index contributed by atoms with van der Waals surface area (Å²) in [5.74, 6) is 1.10. The molecule has 0 aliphatic carbocycles. The molecule has 1 saturated heterocycles. The average molecular weight is 293 g/mol. The first kappa shape index (κ1) is 16.4. The Kier molecular flexibility index (Phi) is 5.76. The van der Waals surface area contributed by atoms with E-state index in [2.05, 4.69) is 48.0 Å². The zero-order valence-corrected chi connectivity index (χ0v) is 14.1. The van der Waals surface area contributed by atoms with E-state index in [4.69, 9.17) is 0 Å². The molecule has 0 amide bonds. The van der Waals surface area contributed by atoms with Crippen LogP contribution in [-0.2, 0) is 13.0 Å². The number of nitrogens with zero attached hydrogens (tertiary/aromatic N) is 4. The van der Waals surface area contributed by atoms with Crippen LogP contribution in [0, 0.1) is 0 Å². The smallest absolute Gasteiger partial charge is 0.138 e. The first-order chi connectivity index (χ1) is 10.1. The molecule has 1 atom stereocenters. The highest BCUT2D eigenvalue weighted by atomic mass is 15.3. The Morgan fingerprint density at radius 3 is 2.62 bits per heavy atom. The number of aromatic nitrogens is 3. The van der Waals surface area contributed by atoms with Gasteiger partial charge in [0.25, 0.3) is 0 Å². The van der Waals surface area contributed by atoms with Gasteiger partial charge in [0.2, 0.25) is 0 Å². The van der Waals surface area contributed by atoms with Gasteiger partial charge in [0, 0.05) is 24.5 Å². The summed E-state index contributed by atoms with van der Waals surface area (Å²) >= 11 is 0. The minimum atomic E-state index is 0.149. The molecule has 5 heteroatoms. The Bertz CT molecular complexity index is 420. The number of likely N-dealkylation sites (tertiary alicyclic amines) is 1. The Morgan fingerprint density at radius 2 is 2.00 bits per heavy atom. The largest absolute Gasteiger partial charge is 0.312 e. The fourth-order valence-corrected chi connectivity index (χ4v) is 3.30. The zero-order chi connectivity index (χ0) is 15.3. The Balaban J connectivity index is 2.13. The normalized spacial score (nSPS) is 18.3. The van der Waals surface area contributed by atoms with Crippen molar-refractivity contribution in [2.75, 3.05) is 19.6 Å². The molecule has 0 saturated carbocycles. The lowest BCUT2D eigenvalue weighted by atomic mass is 9.89. The minimum Gasteiger partial charge on any atom is -0.312 e. The molecule has 1 N–H and O–H groups in total. The van der Waals surface area contributed by atoms with E-state index in [0.29, 0.717) is 6.04 Å². The molecule has 1 fully saturated rings. The van der Waals surface area contributed by atoms with Gasteiger partial charge in [0.15, 0.2) is 0 Å². The number of hydrogen-bond donors (Lipinski definition) is 1. The first-order valence-corrected chi connectivity index (χ1v) is 8.44. The fourth-order valence-electron chi connectivity index (χ4n) is 3.30. The molecule has 0 aromatic carbocycles. The lowest BCUT2D eigenvalue weighted by molar-refractivity contribution is 0.105. The van der Waals surface area contributed by atoms with Crippen molar-refractivity contribution in [2.45, 2.75) is 71.5 Å². The SMILES string of the molecule is CCCNC(Cc1ncnn1CC)C(C)(C)N1CCCC1. The lowest BCUT2D eigenvalue weighted by Crippen LogP contribution is -2.58. The molecule has 0 bridgehead atoms. The highest BCUT2D eigenvalue weighted by Crippen LogP contribution is 2.26.